The second-order valence-corrected chi connectivity index (χ2v) is 4.27. The molecule has 6 heteroatoms. The molecule has 1 aliphatic rings. The summed E-state index contributed by atoms with van der Waals surface area (Å²) in [5.74, 6) is -0.880. The standard InChI is InChI=1S/C10H18O6/c1-4(2)9(14)16-10-8(13)7(12)6(11)5(3)15-10/h4-8,10-13H,1-3H3/t5?,6-,7?,8?,10-/m0/s1. The van der Waals surface area contributed by atoms with Gasteiger partial charge in [-0.2, -0.15) is 0 Å². The Balaban J connectivity index is 2.64. The summed E-state index contributed by atoms with van der Waals surface area (Å²) in [7, 11) is 0. The first-order chi connectivity index (χ1) is 7.34. The van der Waals surface area contributed by atoms with E-state index in [9.17, 15) is 20.1 Å². The van der Waals surface area contributed by atoms with Crippen molar-refractivity contribution < 1.29 is 29.6 Å². The van der Waals surface area contributed by atoms with Crippen LogP contribution in [0, 0.1) is 5.92 Å². The molecule has 0 aliphatic carbocycles. The summed E-state index contributed by atoms with van der Waals surface area (Å²) in [6.45, 7) is 4.81. The van der Waals surface area contributed by atoms with E-state index in [1.54, 1.807) is 13.8 Å². The van der Waals surface area contributed by atoms with Crippen molar-refractivity contribution in [1.82, 2.24) is 0 Å². The van der Waals surface area contributed by atoms with E-state index in [1.807, 2.05) is 0 Å². The quantitative estimate of drug-likeness (QED) is 0.531. The van der Waals surface area contributed by atoms with E-state index in [1.165, 1.54) is 6.92 Å². The second-order valence-electron chi connectivity index (χ2n) is 4.27. The average Bonchev–Trinajstić information content (AvgIpc) is 2.22. The average molecular weight is 234 g/mol. The maximum atomic E-state index is 11.3. The fourth-order valence-electron chi connectivity index (χ4n) is 1.36. The fourth-order valence-corrected chi connectivity index (χ4v) is 1.36. The number of ether oxygens (including phenoxy) is 2. The van der Waals surface area contributed by atoms with Gasteiger partial charge in [-0.05, 0) is 6.92 Å². The van der Waals surface area contributed by atoms with Crippen molar-refractivity contribution in [2.45, 2.75) is 51.5 Å². The first-order valence-electron chi connectivity index (χ1n) is 5.24. The van der Waals surface area contributed by atoms with Crippen molar-refractivity contribution in [3.63, 3.8) is 0 Å². The highest BCUT2D eigenvalue weighted by molar-refractivity contribution is 5.71. The van der Waals surface area contributed by atoms with E-state index < -0.39 is 36.7 Å². The van der Waals surface area contributed by atoms with E-state index in [2.05, 4.69) is 0 Å². The topological polar surface area (TPSA) is 96.2 Å². The maximum Gasteiger partial charge on any atom is 0.310 e. The molecule has 0 saturated carbocycles. The van der Waals surface area contributed by atoms with E-state index >= 15 is 0 Å². The molecular weight excluding hydrogens is 216 g/mol. The van der Waals surface area contributed by atoms with Gasteiger partial charge >= 0.3 is 5.97 Å². The third-order valence-electron chi connectivity index (χ3n) is 2.51. The molecule has 16 heavy (non-hydrogen) atoms. The van der Waals surface area contributed by atoms with Crippen LogP contribution < -0.4 is 0 Å². The molecule has 0 aromatic carbocycles. The highest BCUT2D eigenvalue weighted by Gasteiger charge is 2.43. The Hall–Kier alpha value is -0.690. The van der Waals surface area contributed by atoms with Gasteiger partial charge < -0.3 is 24.8 Å². The molecule has 3 N–H and O–H groups in total. The molecule has 94 valence electrons. The minimum absolute atomic E-state index is 0.352. The Labute approximate surface area is 93.8 Å². The molecule has 0 radical (unpaired) electrons. The highest BCUT2D eigenvalue weighted by atomic mass is 16.7. The second kappa shape index (κ2) is 5.09. The van der Waals surface area contributed by atoms with E-state index in [4.69, 9.17) is 9.47 Å². The molecule has 0 spiro atoms. The minimum atomic E-state index is -1.44. The van der Waals surface area contributed by atoms with Gasteiger partial charge in [-0.15, -0.1) is 0 Å². The van der Waals surface area contributed by atoms with Crippen LogP contribution in [0.15, 0.2) is 0 Å². The Kier molecular flexibility index (Phi) is 4.26. The fraction of sp³-hybridized carbons (Fsp3) is 0.900. The van der Waals surface area contributed by atoms with Gasteiger partial charge in [-0.1, -0.05) is 13.8 Å². The molecule has 1 fully saturated rings. The van der Waals surface area contributed by atoms with Crippen molar-refractivity contribution in [2.75, 3.05) is 0 Å². The smallest absolute Gasteiger partial charge is 0.310 e. The number of carbonyl (C=O) groups is 1. The van der Waals surface area contributed by atoms with Crippen LogP contribution >= 0.6 is 0 Å². The molecule has 1 saturated heterocycles. The SMILES string of the molecule is CC(C)C(=O)O[C@@H]1OC(C)[C@H](O)C(O)C1O. The zero-order chi connectivity index (χ0) is 12.5. The first kappa shape index (κ1) is 13.4. The third kappa shape index (κ3) is 2.70. The zero-order valence-corrected chi connectivity index (χ0v) is 9.53. The van der Waals surface area contributed by atoms with Gasteiger partial charge in [0.1, 0.15) is 18.3 Å². The summed E-state index contributed by atoms with van der Waals surface area (Å²) in [4.78, 5) is 11.3. The summed E-state index contributed by atoms with van der Waals surface area (Å²) in [6, 6.07) is 0. The number of hydrogen-bond donors (Lipinski definition) is 3. The molecule has 1 heterocycles. The Morgan fingerprint density at radius 2 is 1.75 bits per heavy atom. The van der Waals surface area contributed by atoms with Gasteiger partial charge in [0.25, 0.3) is 0 Å². The number of hydrogen-bond acceptors (Lipinski definition) is 6. The van der Waals surface area contributed by atoms with Gasteiger partial charge in [0, 0.05) is 0 Å². The van der Waals surface area contributed by atoms with E-state index in [0.717, 1.165) is 0 Å². The molecule has 0 aromatic rings. The maximum absolute atomic E-state index is 11.3. The van der Waals surface area contributed by atoms with E-state index in [-0.39, 0.29) is 5.92 Å². The zero-order valence-electron chi connectivity index (χ0n) is 9.53. The van der Waals surface area contributed by atoms with Gasteiger partial charge in [-0.3, -0.25) is 4.79 Å². The van der Waals surface area contributed by atoms with Crippen LogP contribution in [0.2, 0.25) is 0 Å². The normalized spacial score (nSPS) is 39.8. The Morgan fingerprint density at radius 1 is 1.19 bits per heavy atom. The minimum Gasteiger partial charge on any atom is -0.433 e. The molecule has 0 bridgehead atoms. The van der Waals surface area contributed by atoms with Crippen molar-refractivity contribution in [3.8, 4) is 0 Å². The molecule has 0 amide bonds. The number of aliphatic hydroxyl groups excluding tert-OH is 3. The summed E-state index contributed by atoms with van der Waals surface area (Å²) < 4.78 is 9.97. The van der Waals surface area contributed by atoms with Crippen LogP contribution in [-0.4, -0.2) is 52.0 Å². The monoisotopic (exact) mass is 234 g/mol. The van der Waals surface area contributed by atoms with Gasteiger partial charge in [0.2, 0.25) is 6.29 Å². The predicted molar refractivity (Wildman–Crippen MR) is 53.3 cm³/mol. The molecule has 5 atom stereocenters. The molecule has 1 rings (SSSR count). The first-order valence-corrected chi connectivity index (χ1v) is 5.24. The largest absolute Gasteiger partial charge is 0.433 e. The number of esters is 1. The summed E-state index contributed by atoms with van der Waals surface area (Å²) in [5.41, 5.74) is 0. The van der Waals surface area contributed by atoms with Crippen molar-refractivity contribution in [3.05, 3.63) is 0 Å². The number of carbonyl (C=O) groups excluding carboxylic acids is 1. The Morgan fingerprint density at radius 3 is 2.25 bits per heavy atom. The van der Waals surface area contributed by atoms with Crippen LogP contribution in [-0.2, 0) is 14.3 Å². The predicted octanol–water partition coefficient (Wildman–Crippen LogP) is -0.987. The van der Waals surface area contributed by atoms with Crippen LogP contribution in [0.1, 0.15) is 20.8 Å². The van der Waals surface area contributed by atoms with Crippen molar-refractivity contribution >= 4 is 5.97 Å². The lowest BCUT2D eigenvalue weighted by Gasteiger charge is -2.38. The Bertz CT molecular complexity index is 254. The number of aliphatic hydroxyl groups is 3. The van der Waals surface area contributed by atoms with Crippen LogP contribution in [0.3, 0.4) is 0 Å². The third-order valence-corrected chi connectivity index (χ3v) is 2.51. The van der Waals surface area contributed by atoms with Gasteiger partial charge in [-0.25, -0.2) is 0 Å². The lowest BCUT2D eigenvalue weighted by Crippen LogP contribution is -2.57. The molecule has 0 aromatic heterocycles. The van der Waals surface area contributed by atoms with E-state index in [0.29, 0.717) is 0 Å². The lowest BCUT2D eigenvalue weighted by molar-refractivity contribution is -0.285. The number of rotatable bonds is 2. The van der Waals surface area contributed by atoms with Crippen LogP contribution in [0.4, 0.5) is 0 Å². The van der Waals surface area contributed by atoms with Crippen LogP contribution in [0.5, 0.6) is 0 Å². The molecule has 1 aliphatic heterocycles. The van der Waals surface area contributed by atoms with Gasteiger partial charge in [0.15, 0.2) is 0 Å². The van der Waals surface area contributed by atoms with Crippen molar-refractivity contribution in [2.24, 2.45) is 5.92 Å². The van der Waals surface area contributed by atoms with Crippen LogP contribution in [0.25, 0.3) is 0 Å². The van der Waals surface area contributed by atoms with Gasteiger partial charge in [0.05, 0.1) is 12.0 Å². The molecule has 6 nitrogen and oxygen atoms in total. The molecule has 3 unspecified atom stereocenters. The lowest BCUT2D eigenvalue weighted by atomic mass is 10.00. The molecular formula is C10H18O6. The van der Waals surface area contributed by atoms with Crippen molar-refractivity contribution in [1.29, 1.82) is 0 Å². The summed E-state index contributed by atoms with van der Waals surface area (Å²) in [5, 5.41) is 28.4. The summed E-state index contributed by atoms with van der Waals surface area (Å²) >= 11 is 0. The highest BCUT2D eigenvalue weighted by Crippen LogP contribution is 2.22. The summed E-state index contributed by atoms with van der Waals surface area (Å²) in [6.07, 6.45) is -5.95.